The molecule has 0 aliphatic rings. The summed E-state index contributed by atoms with van der Waals surface area (Å²) < 4.78 is 0. The van der Waals surface area contributed by atoms with Crippen LogP contribution in [0.1, 0.15) is 34.1 Å². The summed E-state index contributed by atoms with van der Waals surface area (Å²) in [4.78, 5) is 6.58. The molecule has 0 rings (SSSR count). The molecular formula is C12H22N2. The lowest BCUT2D eigenvalue weighted by atomic mass is 10.2. The lowest BCUT2D eigenvalue weighted by molar-refractivity contribution is 0.337. The van der Waals surface area contributed by atoms with Crippen LogP contribution in [0.3, 0.4) is 0 Å². The maximum Gasteiger partial charge on any atom is 0.127 e. The molecule has 0 aromatic rings. The van der Waals surface area contributed by atoms with Crippen molar-refractivity contribution in [1.29, 1.82) is 0 Å². The van der Waals surface area contributed by atoms with E-state index in [0.29, 0.717) is 6.04 Å². The van der Waals surface area contributed by atoms with Gasteiger partial charge in [0.25, 0.3) is 0 Å². The first-order valence-electron chi connectivity index (χ1n) is 5.12. The fourth-order valence-electron chi connectivity index (χ4n) is 1.03. The molecule has 0 saturated heterocycles. The molecule has 0 fully saturated rings. The van der Waals surface area contributed by atoms with Gasteiger partial charge in [0, 0.05) is 19.3 Å². The van der Waals surface area contributed by atoms with Crippen LogP contribution in [0.25, 0.3) is 0 Å². The van der Waals surface area contributed by atoms with Gasteiger partial charge in [-0.1, -0.05) is 19.6 Å². The first-order valence-corrected chi connectivity index (χ1v) is 5.12. The van der Waals surface area contributed by atoms with E-state index in [9.17, 15) is 0 Å². The number of nitrogens with zero attached hydrogens (tertiary/aromatic N) is 2. The normalized spacial score (nSPS) is 13.3. The first-order chi connectivity index (χ1) is 6.54. The smallest absolute Gasteiger partial charge is 0.127 e. The summed E-state index contributed by atoms with van der Waals surface area (Å²) in [6, 6.07) is 0.466. The Labute approximate surface area is 88.0 Å². The highest BCUT2D eigenvalue weighted by atomic mass is 15.2. The van der Waals surface area contributed by atoms with Gasteiger partial charge in [-0.2, -0.15) is 0 Å². The predicted octanol–water partition coefficient (Wildman–Crippen LogP) is 3.22. The maximum atomic E-state index is 4.40. The highest BCUT2D eigenvalue weighted by Crippen LogP contribution is 2.15. The van der Waals surface area contributed by atoms with Gasteiger partial charge in [0.1, 0.15) is 5.82 Å². The summed E-state index contributed by atoms with van der Waals surface area (Å²) in [6.07, 6.45) is 4.48. The molecule has 0 aromatic carbocycles. The Kier molecular flexibility index (Phi) is 5.93. The highest BCUT2D eigenvalue weighted by Gasteiger charge is 2.08. The van der Waals surface area contributed by atoms with Crippen LogP contribution in [0, 0.1) is 0 Å². The molecule has 0 atom stereocenters. The van der Waals surface area contributed by atoms with Crippen molar-refractivity contribution in [3.05, 3.63) is 24.0 Å². The molecule has 0 amide bonds. The SMILES string of the molecule is C=C/C=N\C(=C(/C)CC)N(C)C(C)C. The third-order valence-corrected chi connectivity index (χ3v) is 2.32. The lowest BCUT2D eigenvalue weighted by Gasteiger charge is -2.25. The van der Waals surface area contributed by atoms with Gasteiger partial charge in [-0.3, -0.25) is 0 Å². The maximum absolute atomic E-state index is 4.40. The van der Waals surface area contributed by atoms with Crippen molar-refractivity contribution >= 4 is 6.21 Å². The molecule has 0 radical (unpaired) electrons. The average molecular weight is 194 g/mol. The molecule has 0 aromatic heterocycles. The van der Waals surface area contributed by atoms with Gasteiger partial charge in [-0.15, -0.1) is 0 Å². The molecule has 0 bridgehead atoms. The molecule has 14 heavy (non-hydrogen) atoms. The van der Waals surface area contributed by atoms with Gasteiger partial charge in [0.05, 0.1) is 0 Å². The Bertz CT molecular complexity index is 237. The van der Waals surface area contributed by atoms with E-state index >= 15 is 0 Å². The van der Waals surface area contributed by atoms with Crippen LogP contribution in [0.2, 0.25) is 0 Å². The van der Waals surface area contributed by atoms with E-state index in [1.807, 2.05) is 0 Å². The summed E-state index contributed by atoms with van der Waals surface area (Å²) in [5.41, 5.74) is 1.30. The molecule has 0 unspecified atom stereocenters. The van der Waals surface area contributed by atoms with Gasteiger partial charge in [-0.05, 0) is 32.8 Å². The fraction of sp³-hybridized carbons (Fsp3) is 0.583. The minimum absolute atomic E-state index is 0.466. The van der Waals surface area contributed by atoms with E-state index in [1.54, 1.807) is 12.3 Å². The Morgan fingerprint density at radius 3 is 2.43 bits per heavy atom. The van der Waals surface area contributed by atoms with Crippen molar-refractivity contribution in [3.8, 4) is 0 Å². The summed E-state index contributed by atoms with van der Waals surface area (Å²) in [5, 5.41) is 0. The monoisotopic (exact) mass is 194 g/mol. The first kappa shape index (κ1) is 12.9. The lowest BCUT2D eigenvalue weighted by Crippen LogP contribution is -2.25. The minimum atomic E-state index is 0.466. The largest absolute Gasteiger partial charge is 0.357 e. The number of hydrogen-bond donors (Lipinski definition) is 0. The molecule has 2 nitrogen and oxygen atoms in total. The van der Waals surface area contributed by atoms with E-state index in [1.165, 1.54) is 5.57 Å². The molecule has 0 N–H and O–H groups in total. The fourth-order valence-corrected chi connectivity index (χ4v) is 1.03. The Balaban J connectivity index is 4.90. The van der Waals surface area contributed by atoms with Gasteiger partial charge in [0.2, 0.25) is 0 Å². The predicted molar refractivity (Wildman–Crippen MR) is 64.6 cm³/mol. The van der Waals surface area contributed by atoms with Crippen molar-refractivity contribution in [2.75, 3.05) is 7.05 Å². The van der Waals surface area contributed by atoms with Gasteiger partial charge >= 0.3 is 0 Å². The van der Waals surface area contributed by atoms with Crippen molar-refractivity contribution in [3.63, 3.8) is 0 Å². The molecular weight excluding hydrogens is 172 g/mol. The van der Waals surface area contributed by atoms with Crippen molar-refractivity contribution in [2.24, 2.45) is 4.99 Å². The van der Waals surface area contributed by atoms with Gasteiger partial charge in [0.15, 0.2) is 0 Å². The minimum Gasteiger partial charge on any atom is -0.357 e. The zero-order valence-corrected chi connectivity index (χ0v) is 10.0. The van der Waals surface area contributed by atoms with E-state index in [-0.39, 0.29) is 0 Å². The number of allylic oxidation sites excluding steroid dienone is 2. The second-order valence-electron chi connectivity index (χ2n) is 3.68. The molecule has 80 valence electrons. The Morgan fingerprint density at radius 1 is 1.50 bits per heavy atom. The van der Waals surface area contributed by atoms with Crippen LogP contribution >= 0.6 is 0 Å². The third kappa shape index (κ3) is 3.77. The van der Waals surface area contributed by atoms with Crippen molar-refractivity contribution in [2.45, 2.75) is 40.2 Å². The summed E-state index contributed by atoms with van der Waals surface area (Å²) in [5.74, 6) is 1.06. The number of aliphatic imine (C=N–C) groups is 1. The van der Waals surface area contributed by atoms with Crippen LogP contribution < -0.4 is 0 Å². The molecule has 2 heteroatoms. The topological polar surface area (TPSA) is 15.6 Å². The molecule has 0 spiro atoms. The van der Waals surface area contributed by atoms with E-state index < -0.39 is 0 Å². The number of rotatable bonds is 5. The Hall–Kier alpha value is -1.05. The molecule has 0 heterocycles. The van der Waals surface area contributed by atoms with Crippen LogP contribution in [-0.4, -0.2) is 24.2 Å². The molecule has 0 aliphatic heterocycles. The highest BCUT2D eigenvalue weighted by molar-refractivity contribution is 5.71. The summed E-state index contributed by atoms with van der Waals surface area (Å²) >= 11 is 0. The molecule has 0 aliphatic carbocycles. The Morgan fingerprint density at radius 2 is 2.07 bits per heavy atom. The van der Waals surface area contributed by atoms with Gasteiger partial charge < -0.3 is 4.90 Å². The van der Waals surface area contributed by atoms with Crippen LogP contribution in [0.15, 0.2) is 29.0 Å². The average Bonchev–Trinajstić information content (AvgIpc) is 2.17. The second-order valence-corrected chi connectivity index (χ2v) is 3.68. The van der Waals surface area contributed by atoms with Gasteiger partial charge in [-0.25, -0.2) is 4.99 Å². The summed E-state index contributed by atoms with van der Waals surface area (Å²) in [6.45, 7) is 12.2. The van der Waals surface area contributed by atoms with Crippen molar-refractivity contribution < 1.29 is 0 Å². The number of hydrogen-bond acceptors (Lipinski definition) is 2. The van der Waals surface area contributed by atoms with E-state index in [0.717, 1.165) is 12.2 Å². The standard InChI is InChI=1S/C12H22N2/c1-7-9-13-12(11(5)8-2)14(6)10(3)4/h7,9-10H,1,8H2,2-6H3/b12-11-,13-9-. The zero-order chi connectivity index (χ0) is 11.1. The van der Waals surface area contributed by atoms with Crippen molar-refractivity contribution in [1.82, 2.24) is 4.90 Å². The van der Waals surface area contributed by atoms with Crippen LogP contribution in [-0.2, 0) is 0 Å². The van der Waals surface area contributed by atoms with E-state index in [4.69, 9.17) is 0 Å². The van der Waals surface area contributed by atoms with E-state index in [2.05, 4.69) is 51.2 Å². The zero-order valence-electron chi connectivity index (χ0n) is 10.0. The third-order valence-electron chi connectivity index (χ3n) is 2.32. The van der Waals surface area contributed by atoms with Crippen LogP contribution in [0.4, 0.5) is 0 Å². The second kappa shape index (κ2) is 6.41. The molecule has 0 saturated carbocycles. The summed E-state index contributed by atoms with van der Waals surface area (Å²) in [7, 11) is 2.07. The quantitative estimate of drug-likeness (QED) is 0.613. The van der Waals surface area contributed by atoms with Crippen LogP contribution in [0.5, 0.6) is 0 Å².